The predicted molar refractivity (Wildman–Crippen MR) is 76.8 cm³/mol. The molecule has 0 saturated heterocycles. The van der Waals surface area contributed by atoms with Crippen molar-refractivity contribution in [1.82, 2.24) is 5.32 Å². The van der Waals surface area contributed by atoms with Crippen molar-refractivity contribution in [2.24, 2.45) is 11.3 Å². The van der Waals surface area contributed by atoms with Gasteiger partial charge in [-0.05, 0) is 38.1 Å². The maximum atomic E-state index is 6.20. The van der Waals surface area contributed by atoms with Crippen LogP contribution in [0.5, 0.6) is 0 Å². The van der Waals surface area contributed by atoms with Crippen molar-refractivity contribution < 1.29 is 4.74 Å². The highest BCUT2D eigenvalue weighted by atomic mass is 16.5. The van der Waals surface area contributed by atoms with Gasteiger partial charge < -0.3 is 10.1 Å². The number of rotatable bonds is 6. The second-order valence-electron chi connectivity index (χ2n) is 6.89. The van der Waals surface area contributed by atoms with E-state index < -0.39 is 0 Å². The molecule has 106 valence electrons. The highest BCUT2D eigenvalue weighted by Gasteiger charge is 2.48. The number of ether oxygens (including phenoxy) is 1. The third kappa shape index (κ3) is 3.27. The minimum atomic E-state index is 0.323. The average molecular weight is 253 g/mol. The Hall–Kier alpha value is -0.0800. The first-order chi connectivity index (χ1) is 8.64. The van der Waals surface area contributed by atoms with Crippen LogP contribution in [-0.2, 0) is 4.74 Å². The van der Waals surface area contributed by atoms with Gasteiger partial charge in [0.05, 0.1) is 6.10 Å². The fraction of sp³-hybridized carbons (Fsp3) is 1.00. The van der Waals surface area contributed by atoms with E-state index in [1.165, 1.54) is 44.9 Å². The molecule has 2 fully saturated rings. The minimum Gasteiger partial charge on any atom is -0.377 e. The van der Waals surface area contributed by atoms with Gasteiger partial charge in [0.2, 0.25) is 0 Å². The van der Waals surface area contributed by atoms with E-state index >= 15 is 0 Å². The normalized spacial score (nSPS) is 32.2. The number of hydrogen-bond acceptors (Lipinski definition) is 2. The lowest BCUT2D eigenvalue weighted by atomic mass is 9.64. The van der Waals surface area contributed by atoms with E-state index in [1.807, 2.05) is 0 Å². The Labute approximate surface area is 113 Å². The maximum absolute atomic E-state index is 6.20. The van der Waals surface area contributed by atoms with Gasteiger partial charge in [-0.15, -0.1) is 0 Å². The molecule has 2 heteroatoms. The third-order valence-electron chi connectivity index (χ3n) is 5.08. The summed E-state index contributed by atoms with van der Waals surface area (Å²) in [6, 6.07) is 0.661. The highest BCUT2D eigenvalue weighted by Crippen LogP contribution is 2.43. The molecule has 2 rings (SSSR count). The number of nitrogens with one attached hydrogen (secondary N) is 1. The van der Waals surface area contributed by atoms with E-state index in [-0.39, 0.29) is 0 Å². The first-order valence-corrected chi connectivity index (χ1v) is 7.99. The van der Waals surface area contributed by atoms with Crippen LogP contribution in [0.25, 0.3) is 0 Å². The van der Waals surface area contributed by atoms with Crippen molar-refractivity contribution in [2.75, 3.05) is 13.2 Å². The van der Waals surface area contributed by atoms with E-state index in [2.05, 4.69) is 26.1 Å². The van der Waals surface area contributed by atoms with Gasteiger partial charge in [0.25, 0.3) is 0 Å². The molecule has 0 bridgehead atoms. The van der Waals surface area contributed by atoms with Crippen molar-refractivity contribution in [3.8, 4) is 0 Å². The second-order valence-corrected chi connectivity index (χ2v) is 6.89. The molecule has 0 amide bonds. The Kier molecular flexibility index (Phi) is 5.08. The Morgan fingerprint density at radius 3 is 2.50 bits per heavy atom. The van der Waals surface area contributed by atoms with Crippen molar-refractivity contribution in [3.63, 3.8) is 0 Å². The summed E-state index contributed by atoms with van der Waals surface area (Å²) in [4.78, 5) is 0. The standard InChI is InChI=1S/C16H31NO/c1-4-10-17-14-11-15(16(14,2)3)18-12-13-8-6-5-7-9-13/h13-15,17H,4-12H2,1-3H3. The molecule has 2 atom stereocenters. The quantitative estimate of drug-likeness (QED) is 0.778. The fourth-order valence-electron chi connectivity index (χ4n) is 3.44. The summed E-state index contributed by atoms with van der Waals surface area (Å²) in [6.45, 7) is 9.10. The van der Waals surface area contributed by atoms with Crippen LogP contribution in [0.15, 0.2) is 0 Å². The molecular weight excluding hydrogens is 222 g/mol. The lowest BCUT2D eigenvalue weighted by Crippen LogP contribution is -2.61. The monoisotopic (exact) mass is 253 g/mol. The van der Waals surface area contributed by atoms with E-state index in [1.54, 1.807) is 0 Å². The van der Waals surface area contributed by atoms with Crippen LogP contribution in [0, 0.1) is 11.3 Å². The van der Waals surface area contributed by atoms with Crippen molar-refractivity contribution in [1.29, 1.82) is 0 Å². The fourth-order valence-corrected chi connectivity index (χ4v) is 3.44. The molecular formula is C16H31NO. The summed E-state index contributed by atoms with van der Waals surface area (Å²) >= 11 is 0. The van der Waals surface area contributed by atoms with Crippen LogP contribution < -0.4 is 5.32 Å². The molecule has 2 unspecified atom stereocenters. The third-order valence-corrected chi connectivity index (χ3v) is 5.08. The van der Waals surface area contributed by atoms with E-state index in [9.17, 15) is 0 Å². The Morgan fingerprint density at radius 2 is 1.89 bits per heavy atom. The van der Waals surface area contributed by atoms with Crippen molar-refractivity contribution in [2.45, 2.75) is 77.9 Å². The number of hydrogen-bond donors (Lipinski definition) is 1. The summed E-state index contributed by atoms with van der Waals surface area (Å²) in [6.07, 6.45) is 9.98. The largest absolute Gasteiger partial charge is 0.377 e. The maximum Gasteiger partial charge on any atom is 0.0656 e. The molecule has 0 radical (unpaired) electrons. The van der Waals surface area contributed by atoms with Gasteiger partial charge in [0, 0.05) is 18.1 Å². The predicted octanol–water partition coefficient (Wildman–Crippen LogP) is 3.75. The summed E-state index contributed by atoms with van der Waals surface area (Å²) < 4.78 is 6.20. The van der Waals surface area contributed by atoms with Gasteiger partial charge in [-0.2, -0.15) is 0 Å². The summed E-state index contributed by atoms with van der Waals surface area (Å²) in [5.74, 6) is 0.845. The minimum absolute atomic E-state index is 0.323. The molecule has 2 aliphatic rings. The van der Waals surface area contributed by atoms with Gasteiger partial charge in [-0.25, -0.2) is 0 Å². The lowest BCUT2D eigenvalue weighted by Gasteiger charge is -2.52. The van der Waals surface area contributed by atoms with Crippen LogP contribution in [0.2, 0.25) is 0 Å². The van der Waals surface area contributed by atoms with Gasteiger partial charge in [0.15, 0.2) is 0 Å². The second kappa shape index (κ2) is 6.38. The Bertz CT molecular complexity index is 245. The molecule has 0 spiro atoms. The molecule has 18 heavy (non-hydrogen) atoms. The molecule has 0 aliphatic heterocycles. The zero-order valence-electron chi connectivity index (χ0n) is 12.5. The first kappa shape index (κ1) is 14.3. The van der Waals surface area contributed by atoms with E-state index in [0.29, 0.717) is 17.6 Å². The molecule has 2 saturated carbocycles. The van der Waals surface area contributed by atoms with Gasteiger partial charge in [-0.3, -0.25) is 0 Å². The van der Waals surface area contributed by atoms with E-state index in [4.69, 9.17) is 4.74 Å². The van der Waals surface area contributed by atoms with Crippen LogP contribution in [0.3, 0.4) is 0 Å². The smallest absolute Gasteiger partial charge is 0.0656 e. The zero-order valence-corrected chi connectivity index (χ0v) is 12.5. The summed E-state index contributed by atoms with van der Waals surface area (Å²) in [5.41, 5.74) is 0.323. The highest BCUT2D eigenvalue weighted by molar-refractivity contribution is 5.02. The molecule has 2 nitrogen and oxygen atoms in total. The zero-order chi connectivity index (χ0) is 13.0. The Morgan fingerprint density at radius 1 is 1.17 bits per heavy atom. The molecule has 0 aromatic rings. The first-order valence-electron chi connectivity index (χ1n) is 7.99. The van der Waals surface area contributed by atoms with Crippen LogP contribution in [0.1, 0.15) is 65.7 Å². The molecule has 0 aromatic heterocycles. The SMILES string of the molecule is CCCNC1CC(OCC2CCCCC2)C1(C)C. The van der Waals surface area contributed by atoms with Gasteiger partial charge in [0.1, 0.15) is 0 Å². The summed E-state index contributed by atoms with van der Waals surface area (Å²) in [7, 11) is 0. The van der Waals surface area contributed by atoms with Crippen LogP contribution in [-0.4, -0.2) is 25.3 Å². The molecule has 1 N–H and O–H groups in total. The van der Waals surface area contributed by atoms with Crippen LogP contribution >= 0.6 is 0 Å². The van der Waals surface area contributed by atoms with Crippen molar-refractivity contribution >= 4 is 0 Å². The molecule has 0 heterocycles. The van der Waals surface area contributed by atoms with E-state index in [0.717, 1.165) is 19.1 Å². The topological polar surface area (TPSA) is 21.3 Å². The van der Waals surface area contributed by atoms with Gasteiger partial charge in [-0.1, -0.05) is 40.0 Å². The molecule has 0 aromatic carbocycles. The van der Waals surface area contributed by atoms with Crippen molar-refractivity contribution in [3.05, 3.63) is 0 Å². The summed E-state index contributed by atoms with van der Waals surface area (Å²) in [5, 5.41) is 3.65. The lowest BCUT2D eigenvalue weighted by molar-refractivity contribution is -0.127. The molecule has 2 aliphatic carbocycles. The average Bonchev–Trinajstić information content (AvgIpc) is 2.38. The Balaban J connectivity index is 1.68. The van der Waals surface area contributed by atoms with Gasteiger partial charge >= 0.3 is 0 Å². The van der Waals surface area contributed by atoms with Crippen LogP contribution in [0.4, 0.5) is 0 Å².